The summed E-state index contributed by atoms with van der Waals surface area (Å²) in [5.74, 6) is 0.575. The molecule has 0 saturated heterocycles. The summed E-state index contributed by atoms with van der Waals surface area (Å²) >= 11 is 0. The Bertz CT molecular complexity index is 768. The van der Waals surface area contributed by atoms with Crippen molar-refractivity contribution >= 4 is 11.9 Å². The Morgan fingerprint density at radius 3 is 2.67 bits per heavy atom. The van der Waals surface area contributed by atoms with Crippen LogP contribution < -0.4 is 0 Å². The summed E-state index contributed by atoms with van der Waals surface area (Å²) in [6, 6.07) is 10.8. The van der Waals surface area contributed by atoms with Crippen molar-refractivity contribution < 1.29 is 9.21 Å². The van der Waals surface area contributed by atoms with Gasteiger partial charge in [0.2, 0.25) is 0 Å². The van der Waals surface area contributed by atoms with E-state index < -0.39 is 0 Å². The Labute approximate surface area is 121 Å². The first kappa shape index (κ1) is 13.1. The highest BCUT2D eigenvalue weighted by atomic mass is 16.3. The standard InChI is InChI=1S/C16H13N3O2/c1-12-11-17-18-19(12)14-6-4-13(5-7-14)16(20)9-8-15-3-2-10-21-15/h2-11H,1H3/b9-8+. The highest BCUT2D eigenvalue weighted by molar-refractivity contribution is 6.06. The molecule has 2 aromatic heterocycles. The summed E-state index contributed by atoms with van der Waals surface area (Å²) in [7, 11) is 0. The van der Waals surface area contributed by atoms with Gasteiger partial charge in [-0.1, -0.05) is 5.21 Å². The summed E-state index contributed by atoms with van der Waals surface area (Å²) in [6.07, 6.45) is 6.40. The lowest BCUT2D eigenvalue weighted by Crippen LogP contribution is -2.00. The van der Waals surface area contributed by atoms with Gasteiger partial charge < -0.3 is 4.42 Å². The molecule has 0 bridgehead atoms. The summed E-state index contributed by atoms with van der Waals surface area (Å²) in [5, 5.41) is 7.82. The molecule has 0 aliphatic carbocycles. The molecule has 3 aromatic rings. The monoisotopic (exact) mass is 279 g/mol. The summed E-state index contributed by atoms with van der Waals surface area (Å²) in [6.45, 7) is 1.92. The van der Waals surface area contributed by atoms with E-state index >= 15 is 0 Å². The first-order valence-electron chi connectivity index (χ1n) is 6.48. The number of allylic oxidation sites excluding steroid dienone is 1. The second-order valence-electron chi connectivity index (χ2n) is 4.55. The maximum atomic E-state index is 12.0. The van der Waals surface area contributed by atoms with Gasteiger partial charge in [0.15, 0.2) is 5.78 Å². The zero-order chi connectivity index (χ0) is 14.7. The fourth-order valence-corrected chi connectivity index (χ4v) is 1.95. The van der Waals surface area contributed by atoms with Crippen LogP contribution in [0.4, 0.5) is 0 Å². The van der Waals surface area contributed by atoms with Crippen LogP contribution in [0.15, 0.2) is 59.4 Å². The van der Waals surface area contributed by atoms with Crippen molar-refractivity contribution in [2.75, 3.05) is 0 Å². The Morgan fingerprint density at radius 2 is 2.05 bits per heavy atom. The second kappa shape index (κ2) is 5.58. The van der Waals surface area contributed by atoms with Crippen molar-refractivity contribution in [2.24, 2.45) is 0 Å². The van der Waals surface area contributed by atoms with Crippen LogP contribution in [0, 0.1) is 6.92 Å². The SMILES string of the molecule is Cc1cnnn1-c1ccc(C(=O)/C=C/c2ccco2)cc1. The van der Waals surface area contributed by atoms with E-state index in [9.17, 15) is 4.79 Å². The minimum absolute atomic E-state index is 0.0757. The van der Waals surface area contributed by atoms with Gasteiger partial charge in [-0.2, -0.15) is 0 Å². The van der Waals surface area contributed by atoms with Crippen molar-refractivity contribution in [3.8, 4) is 5.69 Å². The fraction of sp³-hybridized carbons (Fsp3) is 0.0625. The summed E-state index contributed by atoms with van der Waals surface area (Å²) in [5.41, 5.74) is 2.42. The van der Waals surface area contributed by atoms with Crippen LogP contribution in [0.1, 0.15) is 21.8 Å². The van der Waals surface area contributed by atoms with Gasteiger partial charge >= 0.3 is 0 Å². The van der Waals surface area contributed by atoms with E-state index in [4.69, 9.17) is 4.42 Å². The predicted octanol–water partition coefficient (Wildman–Crippen LogP) is 3.06. The van der Waals surface area contributed by atoms with Crippen LogP contribution in [-0.4, -0.2) is 20.8 Å². The first-order chi connectivity index (χ1) is 10.2. The van der Waals surface area contributed by atoms with Gasteiger partial charge in [0.1, 0.15) is 5.76 Å². The van der Waals surface area contributed by atoms with E-state index in [1.165, 1.54) is 6.08 Å². The van der Waals surface area contributed by atoms with E-state index in [1.807, 2.05) is 19.1 Å². The number of rotatable bonds is 4. The van der Waals surface area contributed by atoms with Crippen LogP contribution in [0.5, 0.6) is 0 Å². The van der Waals surface area contributed by atoms with Crippen LogP contribution >= 0.6 is 0 Å². The Balaban J connectivity index is 1.78. The molecule has 2 heterocycles. The molecular weight excluding hydrogens is 266 g/mol. The van der Waals surface area contributed by atoms with Crippen molar-refractivity contribution in [2.45, 2.75) is 6.92 Å². The van der Waals surface area contributed by atoms with Crippen LogP contribution in [-0.2, 0) is 0 Å². The fourth-order valence-electron chi connectivity index (χ4n) is 1.95. The minimum atomic E-state index is -0.0757. The van der Waals surface area contributed by atoms with Crippen molar-refractivity contribution in [1.82, 2.24) is 15.0 Å². The average Bonchev–Trinajstić information content (AvgIpc) is 3.16. The zero-order valence-electron chi connectivity index (χ0n) is 11.4. The molecule has 0 N–H and O–H groups in total. The van der Waals surface area contributed by atoms with E-state index in [-0.39, 0.29) is 5.78 Å². The molecule has 104 valence electrons. The average molecular weight is 279 g/mol. The Hall–Kier alpha value is -2.95. The maximum absolute atomic E-state index is 12.0. The molecule has 0 aliphatic rings. The highest BCUT2D eigenvalue weighted by Gasteiger charge is 2.05. The number of aromatic nitrogens is 3. The van der Waals surface area contributed by atoms with Gasteiger partial charge in [-0.05, 0) is 55.5 Å². The number of nitrogens with zero attached hydrogens (tertiary/aromatic N) is 3. The predicted molar refractivity (Wildman–Crippen MR) is 78.2 cm³/mol. The molecular formula is C16H13N3O2. The van der Waals surface area contributed by atoms with Crippen molar-refractivity contribution in [3.05, 3.63) is 72.0 Å². The molecule has 0 spiro atoms. The third kappa shape index (κ3) is 2.81. The van der Waals surface area contributed by atoms with Gasteiger partial charge in [-0.3, -0.25) is 4.79 Å². The van der Waals surface area contributed by atoms with Gasteiger partial charge in [-0.25, -0.2) is 4.68 Å². The van der Waals surface area contributed by atoms with Gasteiger partial charge in [-0.15, -0.1) is 5.10 Å². The number of hydrogen-bond acceptors (Lipinski definition) is 4. The molecule has 0 unspecified atom stereocenters. The van der Waals surface area contributed by atoms with Crippen molar-refractivity contribution in [3.63, 3.8) is 0 Å². The van der Waals surface area contributed by atoms with Gasteiger partial charge in [0.25, 0.3) is 0 Å². The number of benzene rings is 1. The zero-order valence-corrected chi connectivity index (χ0v) is 11.4. The number of carbonyl (C=O) groups is 1. The number of ketones is 1. The molecule has 5 heteroatoms. The van der Waals surface area contributed by atoms with E-state index in [0.717, 1.165) is 11.4 Å². The van der Waals surface area contributed by atoms with Crippen LogP contribution in [0.2, 0.25) is 0 Å². The molecule has 0 amide bonds. The lowest BCUT2D eigenvalue weighted by atomic mass is 10.1. The number of aryl methyl sites for hydroxylation is 1. The number of hydrogen-bond donors (Lipinski definition) is 0. The summed E-state index contributed by atoms with van der Waals surface area (Å²) in [4.78, 5) is 12.0. The number of furan rings is 1. The summed E-state index contributed by atoms with van der Waals surface area (Å²) < 4.78 is 6.86. The smallest absolute Gasteiger partial charge is 0.185 e. The minimum Gasteiger partial charge on any atom is -0.465 e. The van der Waals surface area contributed by atoms with Crippen LogP contribution in [0.25, 0.3) is 11.8 Å². The molecule has 0 fully saturated rings. The quantitative estimate of drug-likeness (QED) is 0.544. The largest absolute Gasteiger partial charge is 0.465 e. The van der Waals surface area contributed by atoms with E-state index in [1.54, 1.807) is 47.5 Å². The second-order valence-corrected chi connectivity index (χ2v) is 4.55. The molecule has 5 nitrogen and oxygen atoms in total. The maximum Gasteiger partial charge on any atom is 0.185 e. The highest BCUT2D eigenvalue weighted by Crippen LogP contribution is 2.12. The lowest BCUT2D eigenvalue weighted by Gasteiger charge is -2.03. The third-order valence-electron chi connectivity index (χ3n) is 3.06. The molecule has 1 aromatic carbocycles. The topological polar surface area (TPSA) is 60.9 Å². The Morgan fingerprint density at radius 1 is 1.24 bits per heavy atom. The molecule has 3 rings (SSSR count). The van der Waals surface area contributed by atoms with E-state index in [0.29, 0.717) is 11.3 Å². The lowest BCUT2D eigenvalue weighted by molar-refractivity contribution is 0.104. The van der Waals surface area contributed by atoms with Gasteiger partial charge in [0.05, 0.1) is 23.8 Å². The molecule has 0 aliphatic heterocycles. The first-order valence-corrected chi connectivity index (χ1v) is 6.48. The molecule has 21 heavy (non-hydrogen) atoms. The number of carbonyl (C=O) groups excluding carboxylic acids is 1. The molecule has 0 atom stereocenters. The Kier molecular flexibility index (Phi) is 3.47. The molecule has 0 saturated carbocycles. The van der Waals surface area contributed by atoms with Gasteiger partial charge in [0, 0.05) is 5.56 Å². The third-order valence-corrected chi connectivity index (χ3v) is 3.06. The van der Waals surface area contributed by atoms with Crippen LogP contribution in [0.3, 0.4) is 0 Å². The van der Waals surface area contributed by atoms with Crippen molar-refractivity contribution in [1.29, 1.82) is 0 Å². The normalized spacial score (nSPS) is 11.1. The van der Waals surface area contributed by atoms with E-state index in [2.05, 4.69) is 10.3 Å². The molecule has 0 radical (unpaired) electrons.